The van der Waals surface area contributed by atoms with Crippen molar-refractivity contribution in [2.24, 2.45) is 17.3 Å². The Morgan fingerprint density at radius 3 is 2.12 bits per heavy atom. The van der Waals surface area contributed by atoms with Gasteiger partial charge in [-0.15, -0.1) is 0 Å². The highest BCUT2D eigenvalue weighted by Crippen LogP contribution is 2.57. The summed E-state index contributed by atoms with van der Waals surface area (Å²) >= 11 is 0. The second-order valence-corrected chi connectivity index (χ2v) is 11.1. The second-order valence-electron chi connectivity index (χ2n) is 11.1. The number of aliphatic hydroxyl groups excluding tert-OH is 6. The van der Waals surface area contributed by atoms with E-state index in [1.54, 1.807) is 20.8 Å². The molecule has 194 valence electrons. The van der Waals surface area contributed by atoms with Gasteiger partial charge in [0.1, 0.15) is 30.0 Å². The highest BCUT2D eigenvalue weighted by Gasteiger charge is 2.64. The Kier molecular flexibility index (Phi) is 7.58. The normalized spacial score (nSPS) is 51.3. The minimum atomic E-state index is -1.72. The third-order valence-electron chi connectivity index (χ3n) is 8.26. The molecule has 3 aliphatic rings. The molecule has 2 saturated carbocycles. The van der Waals surface area contributed by atoms with Gasteiger partial charge in [0.15, 0.2) is 0 Å². The molecule has 0 aromatic carbocycles. The van der Waals surface area contributed by atoms with Gasteiger partial charge in [-0.05, 0) is 53.4 Å². The highest BCUT2D eigenvalue weighted by atomic mass is 17.2. The lowest BCUT2D eigenvalue weighted by atomic mass is 9.49. The fourth-order valence-electron chi connectivity index (χ4n) is 6.12. The zero-order chi connectivity index (χ0) is 25.0. The molecule has 11 atom stereocenters. The van der Waals surface area contributed by atoms with Gasteiger partial charge in [0.2, 0.25) is 6.29 Å². The standard InChI is InChI=1S/C22H40O11/c1-19(2,29)11-5-8-22(10-24)12(25)6-7-20(3,30)16(22)15(11)32-33-18-14(27)13(26)17(28)21(4,9-23)31-18/h11-18,23-30H,5-10H2,1-4H3/t11-,12+,13-,14-,15-,16-,17+,18-,20+,21+,22+/m1/s1. The number of hydrogen-bond acceptors (Lipinski definition) is 11. The highest BCUT2D eigenvalue weighted by molar-refractivity contribution is 5.12. The third kappa shape index (κ3) is 4.58. The van der Waals surface area contributed by atoms with Crippen molar-refractivity contribution in [2.75, 3.05) is 13.2 Å². The molecule has 0 amide bonds. The van der Waals surface area contributed by atoms with Crippen LogP contribution < -0.4 is 0 Å². The summed E-state index contributed by atoms with van der Waals surface area (Å²) in [6.45, 7) is 5.01. The Labute approximate surface area is 193 Å². The SMILES string of the molecule is CC(C)(O)[C@@H]1CC[C@]2(CO)[C@@H](O)CC[C@](C)(O)[C@H]2[C@@H]1OO[C@H]1O[C@@](C)(CO)[C@@H](O)[C@H](O)[C@H]1O. The van der Waals surface area contributed by atoms with Crippen LogP contribution in [0.4, 0.5) is 0 Å². The molecular weight excluding hydrogens is 440 g/mol. The van der Waals surface area contributed by atoms with E-state index in [1.807, 2.05) is 0 Å². The maximum absolute atomic E-state index is 11.3. The molecule has 0 unspecified atom stereocenters. The molecule has 3 rings (SSSR count). The van der Waals surface area contributed by atoms with Gasteiger partial charge in [-0.25, -0.2) is 9.78 Å². The lowest BCUT2D eigenvalue weighted by molar-refractivity contribution is -0.471. The third-order valence-corrected chi connectivity index (χ3v) is 8.26. The fourth-order valence-corrected chi connectivity index (χ4v) is 6.12. The van der Waals surface area contributed by atoms with E-state index in [0.29, 0.717) is 12.8 Å². The molecule has 1 heterocycles. The zero-order valence-corrected chi connectivity index (χ0v) is 19.7. The van der Waals surface area contributed by atoms with Crippen LogP contribution in [0.15, 0.2) is 0 Å². The molecule has 33 heavy (non-hydrogen) atoms. The lowest BCUT2D eigenvalue weighted by Gasteiger charge is -2.60. The smallest absolute Gasteiger partial charge is 0.220 e. The molecule has 8 N–H and O–H groups in total. The first kappa shape index (κ1) is 27.2. The Bertz CT molecular complexity index is 682. The molecule has 1 aliphatic heterocycles. The molecular formula is C22H40O11. The van der Waals surface area contributed by atoms with Crippen LogP contribution in [0.3, 0.4) is 0 Å². The van der Waals surface area contributed by atoms with Crippen LogP contribution >= 0.6 is 0 Å². The van der Waals surface area contributed by atoms with Crippen molar-refractivity contribution < 1.29 is 55.4 Å². The minimum Gasteiger partial charge on any atom is -0.396 e. The Balaban J connectivity index is 1.93. The average molecular weight is 481 g/mol. The summed E-state index contributed by atoms with van der Waals surface area (Å²) in [4.78, 5) is 11.1. The van der Waals surface area contributed by atoms with Crippen molar-refractivity contribution >= 4 is 0 Å². The molecule has 1 saturated heterocycles. The Morgan fingerprint density at radius 2 is 1.58 bits per heavy atom. The number of hydrogen-bond donors (Lipinski definition) is 8. The molecule has 2 aliphatic carbocycles. The molecule has 11 nitrogen and oxygen atoms in total. The Morgan fingerprint density at radius 1 is 0.939 bits per heavy atom. The first-order valence-corrected chi connectivity index (χ1v) is 11.5. The van der Waals surface area contributed by atoms with Gasteiger partial charge in [0.05, 0.1) is 30.5 Å². The van der Waals surface area contributed by atoms with Crippen LogP contribution in [0.25, 0.3) is 0 Å². The molecule has 0 aromatic heterocycles. The van der Waals surface area contributed by atoms with E-state index in [0.717, 1.165) is 0 Å². The van der Waals surface area contributed by atoms with E-state index < -0.39 is 84.1 Å². The van der Waals surface area contributed by atoms with Gasteiger partial charge in [-0.1, -0.05) is 0 Å². The van der Waals surface area contributed by atoms with Crippen molar-refractivity contribution in [3.63, 3.8) is 0 Å². The summed E-state index contributed by atoms with van der Waals surface area (Å²) < 4.78 is 5.51. The first-order chi connectivity index (χ1) is 15.1. The predicted octanol–water partition coefficient (Wildman–Crippen LogP) is -1.83. The van der Waals surface area contributed by atoms with E-state index in [1.165, 1.54) is 6.92 Å². The van der Waals surface area contributed by atoms with Gasteiger partial charge in [-0.2, -0.15) is 0 Å². The molecule has 0 spiro atoms. The van der Waals surface area contributed by atoms with Gasteiger partial charge >= 0.3 is 0 Å². The minimum absolute atomic E-state index is 0.231. The monoisotopic (exact) mass is 480 g/mol. The topological polar surface area (TPSA) is 190 Å². The van der Waals surface area contributed by atoms with Crippen LogP contribution in [0, 0.1) is 17.3 Å². The van der Waals surface area contributed by atoms with Crippen molar-refractivity contribution in [1.82, 2.24) is 0 Å². The van der Waals surface area contributed by atoms with Crippen molar-refractivity contribution in [2.45, 2.75) is 107 Å². The molecule has 0 radical (unpaired) electrons. The van der Waals surface area contributed by atoms with Gasteiger partial charge in [0.25, 0.3) is 0 Å². The second kappa shape index (κ2) is 9.21. The number of ether oxygens (including phenoxy) is 1. The van der Waals surface area contributed by atoms with E-state index in [4.69, 9.17) is 14.5 Å². The van der Waals surface area contributed by atoms with Gasteiger partial charge < -0.3 is 45.6 Å². The summed E-state index contributed by atoms with van der Waals surface area (Å²) in [7, 11) is 0. The summed E-state index contributed by atoms with van der Waals surface area (Å²) in [5, 5.41) is 83.7. The lowest BCUT2D eigenvalue weighted by Crippen LogP contribution is -2.68. The maximum atomic E-state index is 11.3. The Hall–Kier alpha value is -0.440. The summed E-state index contributed by atoms with van der Waals surface area (Å²) in [6, 6.07) is 0. The van der Waals surface area contributed by atoms with E-state index in [-0.39, 0.29) is 12.8 Å². The van der Waals surface area contributed by atoms with Crippen molar-refractivity contribution in [1.29, 1.82) is 0 Å². The molecule has 11 heteroatoms. The maximum Gasteiger partial charge on any atom is 0.220 e. The van der Waals surface area contributed by atoms with Crippen LogP contribution in [0.1, 0.15) is 53.4 Å². The van der Waals surface area contributed by atoms with Crippen LogP contribution in [0.5, 0.6) is 0 Å². The van der Waals surface area contributed by atoms with Crippen molar-refractivity contribution in [3.8, 4) is 0 Å². The number of fused-ring (bicyclic) bond motifs is 1. The first-order valence-electron chi connectivity index (χ1n) is 11.5. The molecule has 0 aromatic rings. The zero-order valence-electron chi connectivity index (χ0n) is 19.7. The number of rotatable bonds is 6. The average Bonchev–Trinajstić information content (AvgIpc) is 2.75. The van der Waals surface area contributed by atoms with Crippen LogP contribution in [0.2, 0.25) is 0 Å². The molecule has 0 bridgehead atoms. The quantitative estimate of drug-likeness (QED) is 0.158. The summed E-state index contributed by atoms with van der Waals surface area (Å²) in [5.74, 6) is -1.43. The van der Waals surface area contributed by atoms with Gasteiger partial charge in [0, 0.05) is 17.3 Å². The number of aliphatic hydroxyl groups is 8. The summed E-state index contributed by atoms with van der Waals surface area (Å²) in [6.07, 6.45) is -7.34. The van der Waals surface area contributed by atoms with E-state index in [9.17, 15) is 40.9 Å². The largest absolute Gasteiger partial charge is 0.396 e. The fraction of sp³-hybridized carbons (Fsp3) is 1.00. The summed E-state index contributed by atoms with van der Waals surface area (Å²) in [5.41, 5.74) is -5.40. The van der Waals surface area contributed by atoms with Gasteiger partial charge in [-0.3, -0.25) is 0 Å². The van der Waals surface area contributed by atoms with Crippen LogP contribution in [-0.2, 0) is 14.5 Å². The van der Waals surface area contributed by atoms with E-state index in [2.05, 4.69) is 0 Å². The molecule has 3 fully saturated rings. The predicted molar refractivity (Wildman–Crippen MR) is 112 cm³/mol. The van der Waals surface area contributed by atoms with Crippen LogP contribution in [-0.4, -0.2) is 108 Å². The van der Waals surface area contributed by atoms with Crippen molar-refractivity contribution in [3.05, 3.63) is 0 Å². The van der Waals surface area contributed by atoms with E-state index >= 15 is 0 Å².